The molecular weight excluding hydrogens is 448 g/mol. The lowest BCUT2D eigenvalue weighted by Crippen LogP contribution is -2.31. The standard InChI is InChI=1S/C24H27ClN2O2S2/c1-3-4-12-30-13-6-11-26-23(28)18-9-10-21-20(16-18)27(2)24(29)22(31-21)15-17-7-5-8-19(25)14-17/h5,7-10,14-16H,3-4,6,11-13H2,1-2H3,(H,26,28)/b22-15-. The summed E-state index contributed by atoms with van der Waals surface area (Å²) in [7, 11) is 1.74. The Bertz CT molecular complexity index is 978. The van der Waals surface area contributed by atoms with Crippen LogP contribution in [0, 0.1) is 0 Å². The maximum atomic E-state index is 12.9. The number of nitrogens with one attached hydrogen (secondary N) is 1. The Morgan fingerprint density at radius 3 is 2.77 bits per heavy atom. The normalized spacial score (nSPS) is 14.6. The Morgan fingerprint density at radius 2 is 2.00 bits per heavy atom. The van der Waals surface area contributed by atoms with Gasteiger partial charge in [-0.3, -0.25) is 9.59 Å². The molecule has 2 aromatic rings. The molecule has 0 aliphatic carbocycles. The largest absolute Gasteiger partial charge is 0.352 e. The molecule has 31 heavy (non-hydrogen) atoms. The van der Waals surface area contributed by atoms with E-state index in [1.165, 1.54) is 30.4 Å². The van der Waals surface area contributed by atoms with Crippen molar-refractivity contribution in [1.82, 2.24) is 5.32 Å². The number of anilines is 1. The van der Waals surface area contributed by atoms with Crippen molar-refractivity contribution in [3.8, 4) is 0 Å². The summed E-state index contributed by atoms with van der Waals surface area (Å²) in [4.78, 5) is 28.6. The lowest BCUT2D eigenvalue weighted by Gasteiger charge is -2.27. The minimum Gasteiger partial charge on any atom is -0.352 e. The second-order valence-electron chi connectivity index (χ2n) is 7.29. The van der Waals surface area contributed by atoms with Crippen LogP contribution in [0.4, 0.5) is 5.69 Å². The number of hydrogen-bond donors (Lipinski definition) is 1. The van der Waals surface area contributed by atoms with Gasteiger partial charge in [0.1, 0.15) is 0 Å². The van der Waals surface area contributed by atoms with E-state index in [2.05, 4.69) is 12.2 Å². The van der Waals surface area contributed by atoms with E-state index in [4.69, 9.17) is 11.6 Å². The molecule has 0 fully saturated rings. The molecule has 7 heteroatoms. The molecule has 1 heterocycles. The molecule has 0 unspecified atom stereocenters. The van der Waals surface area contributed by atoms with Crippen molar-refractivity contribution in [3.63, 3.8) is 0 Å². The minimum absolute atomic E-state index is 0.0980. The zero-order chi connectivity index (χ0) is 22.2. The molecule has 0 aromatic heterocycles. The maximum absolute atomic E-state index is 12.9. The molecule has 0 saturated heterocycles. The van der Waals surface area contributed by atoms with Crippen molar-refractivity contribution in [2.45, 2.75) is 31.1 Å². The van der Waals surface area contributed by atoms with Crippen LogP contribution in [0.2, 0.25) is 5.02 Å². The summed E-state index contributed by atoms with van der Waals surface area (Å²) in [5.74, 6) is 2.04. The smallest absolute Gasteiger partial charge is 0.264 e. The van der Waals surface area contributed by atoms with Gasteiger partial charge in [-0.15, -0.1) is 0 Å². The van der Waals surface area contributed by atoms with Gasteiger partial charge in [-0.05, 0) is 66.3 Å². The molecule has 3 rings (SSSR count). The summed E-state index contributed by atoms with van der Waals surface area (Å²) >= 11 is 9.41. The number of likely N-dealkylation sites (N-methyl/N-ethyl adjacent to an activating group) is 1. The highest BCUT2D eigenvalue weighted by Gasteiger charge is 2.27. The van der Waals surface area contributed by atoms with Crippen LogP contribution < -0.4 is 10.2 Å². The average molecular weight is 475 g/mol. The topological polar surface area (TPSA) is 49.4 Å². The van der Waals surface area contributed by atoms with Gasteiger partial charge in [0.05, 0.1) is 10.6 Å². The first-order chi connectivity index (χ1) is 15.0. The summed E-state index contributed by atoms with van der Waals surface area (Å²) in [6, 6.07) is 12.9. The third-order valence-corrected chi connectivity index (χ3v) is 7.32. The predicted octanol–water partition coefficient (Wildman–Crippen LogP) is 6.10. The lowest BCUT2D eigenvalue weighted by molar-refractivity contribution is -0.114. The summed E-state index contributed by atoms with van der Waals surface area (Å²) < 4.78 is 0. The highest BCUT2D eigenvalue weighted by atomic mass is 35.5. The number of nitrogens with zero attached hydrogens (tertiary/aromatic N) is 1. The minimum atomic E-state index is -0.104. The first-order valence-corrected chi connectivity index (χ1v) is 12.8. The molecule has 1 aliphatic heterocycles. The zero-order valence-electron chi connectivity index (χ0n) is 17.8. The Hall–Kier alpha value is -1.89. The third-order valence-electron chi connectivity index (χ3n) is 4.86. The third kappa shape index (κ3) is 6.55. The zero-order valence-corrected chi connectivity index (χ0v) is 20.2. The van der Waals surface area contributed by atoms with Crippen molar-refractivity contribution in [2.75, 3.05) is 30.0 Å². The Kier molecular flexibility index (Phi) is 8.93. The predicted molar refractivity (Wildman–Crippen MR) is 134 cm³/mol. The van der Waals surface area contributed by atoms with Gasteiger partial charge >= 0.3 is 0 Å². The van der Waals surface area contributed by atoms with Crippen molar-refractivity contribution >= 4 is 58.7 Å². The van der Waals surface area contributed by atoms with Crippen molar-refractivity contribution in [2.24, 2.45) is 0 Å². The van der Waals surface area contributed by atoms with Crippen LogP contribution in [0.3, 0.4) is 0 Å². The van der Waals surface area contributed by atoms with E-state index in [-0.39, 0.29) is 11.8 Å². The molecule has 0 bridgehead atoms. The van der Waals surface area contributed by atoms with Crippen LogP contribution in [0.5, 0.6) is 0 Å². The van der Waals surface area contributed by atoms with E-state index in [0.717, 1.165) is 28.3 Å². The van der Waals surface area contributed by atoms with Crippen LogP contribution in [0.1, 0.15) is 42.1 Å². The molecule has 0 atom stereocenters. The van der Waals surface area contributed by atoms with Gasteiger partial charge in [0, 0.05) is 29.1 Å². The molecular formula is C24H27ClN2O2S2. The van der Waals surface area contributed by atoms with E-state index in [0.29, 0.717) is 22.0 Å². The van der Waals surface area contributed by atoms with Gasteiger partial charge in [0.25, 0.3) is 11.8 Å². The second kappa shape index (κ2) is 11.7. The fraction of sp³-hybridized carbons (Fsp3) is 0.333. The number of unbranched alkanes of at least 4 members (excludes halogenated alkanes) is 1. The van der Waals surface area contributed by atoms with Gasteiger partial charge in [0.15, 0.2) is 0 Å². The van der Waals surface area contributed by atoms with Gasteiger partial charge < -0.3 is 10.2 Å². The number of halogens is 1. The number of hydrogen-bond acceptors (Lipinski definition) is 4. The van der Waals surface area contributed by atoms with Crippen molar-refractivity contribution < 1.29 is 9.59 Å². The van der Waals surface area contributed by atoms with Gasteiger partial charge in [0.2, 0.25) is 0 Å². The monoisotopic (exact) mass is 474 g/mol. The molecule has 2 amide bonds. The molecule has 0 saturated carbocycles. The van der Waals surface area contributed by atoms with E-state index in [1.54, 1.807) is 24.1 Å². The van der Waals surface area contributed by atoms with Crippen LogP contribution >= 0.6 is 35.1 Å². The van der Waals surface area contributed by atoms with Crippen LogP contribution in [0.15, 0.2) is 52.3 Å². The molecule has 164 valence electrons. The number of amides is 2. The number of benzene rings is 2. The molecule has 1 aliphatic rings. The van der Waals surface area contributed by atoms with Crippen LogP contribution in [0.25, 0.3) is 6.08 Å². The average Bonchev–Trinajstić information content (AvgIpc) is 2.76. The first-order valence-electron chi connectivity index (χ1n) is 10.4. The van der Waals surface area contributed by atoms with Crippen molar-refractivity contribution in [3.05, 3.63) is 63.5 Å². The van der Waals surface area contributed by atoms with E-state index >= 15 is 0 Å². The SMILES string of the molecule is CCCCSCCCNC(=O)c1ccc2c(c1)N(C)C(=O)/C(=C/c1cccc(Cl)c1)S2. The fourth-order valence-electron chi connectivity index (χ4n) is 3.11. The quantitative estimate of drug-likeness (QED) is 0.352. The number of thioether (sulfide) groups is 2. The van der Waals surface area contributed by atoms with Gasteiger partial charge in [-0.1, -0.05) is 48.8 Å². The van der Waals surface area contributed by atoms with Gasteiger partial charge in [-0.25, -0.2) is 0 Å². The Balaban J connectivity index is 1.64. The van der Waals surface area contributed by atoms with Crippen molar-refractivity contribution in [1.29, 1.82) is 0 Å². The summed E-state index contributed by atoms with van der Waals surface area (Å²) in [5.41, 5.74) is 2.20. The molecule has 2 aromatic carbocycles. The summed E-state index contributed by atoms with van der Waals surface area (Å²) in [6.07, 6.45) is 5.26. The fourth-order valence-corrected chi connectivity index (χ4v) is 5.45. The molecule has 0 radical (unpaired) electrons. The van der Waals surface area contributed by atoms with E-state index in [1.807, 2.05) is 48.2 Å². The van der Waals surface area contributed by atoms with E-state index in [9.17, 15) is 9.59 Å². The van der Waals surface area contributed by atoms with Crippen LogP contribution in [-0.4, -0.2) is 36.9 Å². The highest BCUT2D eigenvalue weighted by molar-refractivity contribution is 8.04. The Morgan fingerprint density at radius 1 is 1.19 bits per heavy atom. The number of fused-ring (bicyclic) bond motifs is 1. The Labute approximate surface area is 197 Å². The number of rotatable bonds is 9. The molecule has 4 nitrogen and oxygen atoms in total. The summed E-state index contributed by atoms with van der Waals surface area (Å²) in [5, 5.41) is 3.61. The summed E-state index contributed by atoms with van der Waals surface area (Å²) in [6.45, 7) is 2.85. The number of carbonyl (C=O) groups excluding carboxylic acids is 2. The lowest BCUT2D eigenvalue weighted by atomic mass is 10.1. The van der Waals surface area contributed by atoms with Gasteiger partial charge in [-0.2, -0.15) is 11.8 Å². The van der Waals surface area contributed by atoms with E-state index < -0.39 is 0 Å². The number of carbonyl (C=O) groups is 2. The maximum Gasteiger partial charge on any atom is 0.264 e. The van der Waals surface area contributed by atoms with Crippen LogP contribution in [-0.2, 0) is 4.79 Å². The highest BCUT2D eigenvalue weighted by Crippen LogP contribution is 2.42. The molecule has 1 N–H and O–H groups in total. The first kappa shape index (κ1) is 23.8. The second-order valence-corrected chi connectivity index (χ2v) is 10.0. The molecule has 0 spiro atoms.